The first-order valence-corrected chi connectivity index (χ1v) is 17.7. The van der Waals surface area contributed by atoms with Gasteiger partial charge in [-0.15, -0.1) is 0 Å². The zero-order valence-electron chi connectivity index (χ0n) is 29.5. The van der Waals surface area contributed by atoms with Gasteiger partial charge in [0, 0.05) is 62.4 Å². The Morgan fingerprint density at radius 2 is 0.976 bits per heavy atom. The fourth-order valence-corrected chi connectivity index (χ4v) is 7.78. The predicted octanol–water partition coefficient (Wildman–Crippen LogP) is 6.62. The first kappa shape index (κ1) is 34.6. The third-order valence-electron chi connectivity index (χ3n) is 10.0. The van der Waals surface area contributed by atoms with Crippen molar-refractivity contribution >= 4 is 0 Å². The van der Waals surface area contributed by atoms with E-state index in [4.69, 9.17) is 9.47 Å². The van der Waals surface area contributed by atoms with Crippen LogP contribution in [0.15, 0.2) is 0 Å². The molecule has 2 aliphatic heterocycles. The zero-order chi connectivity index (χ0) is 30.8. The maximum absolute atomic E-state index is 6.53. The van der Waals surface area contributed by atoms with Gasteiger partial charge < -0.3 is 29.9 Å². The van der Waals surface area contributed by atoms with Crippen molar-refractivity contribution in [2.75, 3.05) is 39.3 Å². The molecule has 2 saturated carbocycles. The van der Waals surface area contributed by atoms with Crippen molar-refractivity contribution < 1.29 is 9.47 Å². The molecule has 0 atom stereocenters. The molecule has 2 heterocycles. The largest absolute Gasteiger partial charge is 0.375 e. The Bertz CT molecular complexity index is 803. The number of nitrogens with zero attached hydrogens (tertiary/aromatic N) is 2. The Morgan fingerprint density at radius 1 is 0.548 bits per heavy atom. The fraction of sp³-hybridized carbons (Fsp3) is 1.00. The molecule has 246 valence electrons. The maximum Gasteiger partial charge on any atom is 0.0608 e. The Kier molecular flexibility index (Phi) is 11.6. The first-order valence-electron chi connectivity index (χ1n) is 17.7. The quantitative estimate of drug-likeness (QED) is 0.252. The minimum Gasteiger partial charge on any atom is -0.375 e. The molecule has 6 heteroatoms. The van der Waals surface area contributed by atoms with E-state index in [1.54, 1.807) is 0 Å². The van der Waals surface area contributed by atoms with Gasteiger partial charge in [-0.05, 0) is 110 Å². The molecule has 0 unspecified atom stereocenters. The van der Waals surface area contributed by atoms with Crippen LogP contribution in [0.4, 0.5) is 0 Å². The minimum absolute atomic E-state index is 0.175. The number of ether oxygens (including phenoxy) is 2. The van der Waals surface area contributed by atoms with Crippen molar-refractivity contribution in [1.82, 2.24) is 20.4 Å². The number of rotatable bonds is 13. The standard InChI is InChI=1S/C36H70N4O2/c1-33(2,3)25-39-17-11-29(12-18-39)42-32-23-28(24-32)38-36(9,10)16-15-35(7,8)26-40-19-13-30(14-20-40)41-31-21-27(22-31)37-34(4,5)6/h27-32,37-38H,11-26H2,1-10H3. The number of hydrogen-bond acceptors (Lipinski definition) is 6. The van der Waals surface area contributed by atoms with Crippen LogP contribution in [0.2, 0.25) is 0 Å². The Balaban J connectivity index is 1.05. The van der Waals surface area contributed by atoms with Crippen LogP contribution in [0.5, 0.6) is 0 Å². The lowest BCUT2D eigenvalue weighted by atomic mass is 9.80. The van der Waals surface area contributed by atoms with Crippen LogP contribution in [0, 0.1) is 10.8 Å². The van der Waals surface area contributed by atoms with Gasteiger partial charge in [0.2, 0.25) is 0 Å². The predicted molar refractivity (Wildman–Crippen MR) is 177 cm³/mol. The summed E-state index contributed by atoms with van der Waals surface area (Å²) in [5.74, 6) is 0. The average molecular weight is 591 g/mol. The SMILES string of the molecule is CC(C)(C)CN1CCC(OC2CC(NC(C)(C)CCC(C)(C)CN3CCC(OC4CC(NC(C)(C)C)C4)CC3)C2)CC1. The summed E-state index contributed by atoms with van der Waals surface area (Å²) in [6, 6.07) is 1.25. The van der Waals surface area contributed by atoms with Crippen LogP contribution in [0.25, 0.3) is 0 Å². The van der Waals surface area contributed by atoms with E-state index in [0.29, 0.717) is 47.3 Å². The molecule has 0 bridgehead atoms. The normalized spacial score (nSPS) is 29.9. The van der Waals surface area contributed by atoms with E-state index in [1.807, 2.05) is 0 Å². The molecule has 2 N–H and O–H groups in total. The van der Waals surface area contributed by atoms with Gasteiger partial charge in [-0.25, -0.2) is 0 Å². The maximum atomic E-state index is 6.53. The van der Waals surface area contributed by atoms with E-state index in [1.165, 1.54) is 103 Å². The average Bonchev–Trinajstić information content (AvgIpc) is 2.81. The van der Waals surface area contributed by atoms with E-state index < -0.39 is 0 Å². The molecule has 4 fully saturated rings. The third kappa shape index (κ3) is 11.9. The lowest BCUT2D eigenvalue weighted by molar-refractivity contribution is -0.0894. The van der Waals surface area contributed by atoms with Crippen LogP contribution >= 0.6 is 0 Å². The van der Waals surface area contributed by atoms with Crippen molar-refractivity contribution in [3.63, 3.8) is 0 Å². The van der Waals surface area contributed by atoms with Crippen LogP contribution in [-0.2, 0) is 9.47 Å². The number of piperidine rings is 2. The molecule has 6 nitrogen and oxygen atoms in total. The van der Waals surface area contributed by atoms with E-state index in [2.05, 4.69) is 89.7 Å². The highest BCUT2D eigenvalue weighted by molar-refractivity contribution is 4.94. The summed E-state index contributed by atoms with van der Waals surface area (Å²) in [4.78, 5) is 5.33. The van der Waals surface area contributed by atoms with Crippen molar-refractivity contribution in [1.29, 1.82) is 0 Å². The second-order valence-electron chi connectivity index (χ2n) is 18.5. The highest BCUT2D eigenvalue weighted by Crippen LogP contribution is 2.34. The number of likely N-dealkylation sites (tertiary alicyclic amines) is 2. The van der Waals surface area contributed by atoms with E-state index in [0.717, 1.165) is 0 Å². The molecule has 4 aliphatic rings. The molecule has 0 radical (unpaired) electrons. The topological polar surface area (TPSA) is 49.0 Å². The van der Waals surface area contributed by atoms with Gasteiger partial charge in [0.05, 0.1) is 24.4 Å². The molecule has 4 rings (SSSR count). The van der Waals surface area contributed by atoms with Gasteiger partial charge in [-0.1, -0.05) is 34.6 Å². The highest BCUT2D eigenvalue weighted by atomic mass is 16.5. The summed E-state index contributed by atoms with van der Waals surface area (Å²) in [5, 5.41) is 7.71. The van der Waals surface area contributed by atoms with Crippen molar-refractivity contribution in [3.05, 3.63) is 0 Å². The van der Waals surface area contributed by atoms with Crippen molar-refractivity contribution in [3.8, 4) is 0 Å². The molecular formula is C36H70N4O2. The summed E-state index contributed by atoms with van der Waals surface area (Å²) in [7, 11) is 0. The van der Waals surface area contributed by atoms with Crippen molar-refractivity contribution in [2.45, 2.75) is 181 Å². The Labute approximate surface area is 260 Å². The van der Waals surface area contributed by atoms with E-state index >= 15 is 0 Å². The Morgan fingerprint density at radius 3 is 1.40 bits per heavy atom. The molecule has 2 aliphatic carbocycles. The van der Waals surface area contributed by atoms with Crippen LogP contribution in [0.1, 0.15) is 133 Å². The molecule has 2 saturated heterocycles. The summed E-state index contributed by atoms with van der Waals surface area (Å²) in [6.45, 7) is 30.7. The monoisotopic (exact) mass is 591 g/mol. The van der Waals surface area contributed by atoms with E-state index in [9.17, 15) is 0 Å². The second kappa shape index (κ2) is 14.0. The van der Waals surface area contributed by atoms with Gasteiger partial charge in [0.15, 0.2) is 0 Å². The molecule has 0 aromatic carbocycles. The van der Waals surface area contributed by atoms with Gasteiger partial charge >= 0.3 is 0 Å². The van der Waals surface area contributed by atoms with Gasteiger partial charge in [0.25, 0.3) is 0 Å². The minimum atomic E-state index is 0.175. The lowest BCUT2D eigenvalue weighted by Gasteiger charge is -2.45. The van der Waals surface area contributed by atoms with Gasteiger partial charge in [0.1, 0.15) is 0 Å². The number of nitrogens with one attached hydrogen (secondary N) is 2. The van der Waals surface area contributed by atoms with Gasteiger partial charge in [-0.2, -0.15) is 0 Å². The molecule has 42 heavy (non-hydrogen) atoms. The number of hydrogen-bond donors (Lipinski definition) is 2. The molecule has 0 amide bonds. The molecule has 0 spiro atoms. The summed E-state index contributed by atoms with van der Waals surface area (Å²) >= 11 is 0. The van der Waals surface area contributed by atoms with Crippen molar-refractivity contribution in [2.24, 2.45) is 10.8 Å². The summed E-state index contributed by atoms with van der Waals surface area (Å²) in [6.07, 6.45) is 13.9. The molecular weight excluding hydrogens is 520 g/mol. The second-order valence-corrected chi connectivity index (χ2v) is 18.5. The van der Waals surface area contributed by atoms with E-state index in [-0.39, 0.29) is 11.1 Å². The summed E-state index contributed by atoms with van der Waals surface area (Å²) in [5.41, 5.74) is 1.10. The van der Waals surface area contributed by atoms with Crippen LogP contribution in [-0.4, -0.2) is 96.6 Å². The molecule has 0 aromatic heterocycles. The van der Waals surface area contributed by atoms with Crippen LogP contribution in [0.3, 0.4) is 0 Å². The third-order valence-corrected chi connectivity index (χ3v) is 10.0. The zero-order valence-corrected chi connectivity index (χ0v) is 29.5. The molecule has 0 aromatic rings. The fourth-order valence-electron chi connectivity index (χ4n) is 7.78. The lowest BCUT2D eigenvalue weighted by Crippen LogP contribution is -2.55. The Hall–Kier alpha value is -0.240. The first-order chi connectivity index (χ1) is 19.4. The highest BCUT2D eigenvalue weighted by Gasteiger charge is 2.38. The van der Waals surface area contributed by atoms with Gasteiger partial charge in [-0.3, -0.25) is 0 Å². The van der Waals surface area contributed by atoms with Crippen LogP contribution < -0.4 is 10.6 Å². The summed E-state index contributed by atoms with van der Waals surface area (Å²) < 4.78 is 13.0. The smallest absolute Gasteiger partial charge is 0.0608 e.